The second-order valence-corrected chi connectivity index (χ2v) is 5.88. The maximum absolute atomic E-state index is 12.3. The minimum absolute atomic E-state index is 0. The molecule has 9 heteroatoms. The molecule has 0 spiro atoms. The van der Waals surface area contributed by atoms with E-state index in [9.17, 15) is 9.90 Å². The Bertz CT molecular complexity index is 673. The third-order valence-electron chi connectivity index (χ3n) is 3.41. The quantitative estimate of drug-likeness (QED) is 0.703. The number of likely N-dealkylation sites (N-methyl/N-ethyl adjacent to an activating group) is 1. The molecule has 2 rings (SSSR count). The number of hydrogen-bond donors (Lipinski definition) is 3. The van der Waals surface area contributed by atoms with Crippen molar-refractivity contribution < 1.29 is 9.90 Å². The van der Waals surface area contributed by atoms with Gasteiger partial charge < -0.3 is 15.7 Å². The first-order valence-electron chi connectivity index (χ1n) is 6.99. The first-order valence-corrected chi connectivity index (χ1v) is 7.75. The van der Waals surface area contributed by atoms with Gasteiger partial charge in [0.2, 0.25) is 5.91 Å². The first kappa shape index (κ1) is 20.7. The molecular weight excluding hydrogens is 375 g/mol. The predicted octanol–water partition coefficient (Wildman–Crippen LogP) is 2.26. The van der Waals surface area contributed by atoms with Crippen LogP contribution in [0.2, 0.25) is 10.0 Å². The van der Waals surface area contributed by atoms with Crippen molar-refractivity contribution in [2.45, 2.75) is 12.1 Å². The Morgan fingerprint density at radius 1 is 1.38 bits per heavy atom. The third-order valence-corrected chi connectivity index (χ3v) is 4.07. The zero-order valence-electron chi connectivity index (χ0n) is 13.2. The number of aliphatic hydroxyl groups excluding tert-OH is 1. The van der Waals surface area contributed by atoms with Gasteiger partial charge in [-0.3, -0.25) is 9.48 Å². The van der Waals surface area contributed by atoms with Gasteiger partial charge in [0, 0.05) is 41.0 Å². The van der Waals surface area contributed by atoms with Crippen LogP contribution in [-0.4, -0.2) is 34.4 Å². The zero-order chi connectivity index (χ0) is 17.0. The third kappa shape index (κ3) is 4.84. The van der Waals surface area contributed by atoms with Crippen molar-refractivity contribution in [1.29, 1.82) is 0 Å². The van der Waals surface area contributed by atoms with Crippen molar-refractivity contribution in [1.82, 2.24) is 20.4 Å². The standard InChI is InChI=1S/C15H18Cl2N4O2.ClH/c1-18-14(9-6-20-21(2)8-9)15(23)19-7-12(22)13-10(16)4-3-5-11(13)17;/h3-6,8,12,14,18,22H,7H2,1-2H3,(H,19,23);1H. The van der Waals surface area contributed by atoms with Crippen LogP contribution in [0.4, 0.5) is 0 Å². The molecule has 0 radical (unpaired) electrons. The smallest absolute Gasteiger partial charge is 0.241 e. The number of aryl methyl sites for hydroxylation is 1. The Hall–Kier alpha value is -1.31. The Labute approximate surface area is 156 Å². The fourth-order valence-corrected chi connectivity index (χ4v) is 2.92. The molecule has 3 N–H and O–H groups in total. The molecule has 1 heterocycles. The number of aliphatic hydroxyl groups is 1. The number of carbonyl (C=O) groups is 1. The zero-order valence-corrected chi connectivity index (χ0v) is 15.5. The fourth-order valence-electron chi connectivity index (χ4n) is 2.27. The van der Waals surface area contributed by atoms with Crippen LogP contribution in [0.3, 0.4) is 0 Å². The number of amides is 1. The summed E-state index contributed by atoms with van der Waals surface area (Å²) in [5, 5.41) is 20.6. The van der Waals surface area contributed by atoms with Gasteiger partial charge in [-0.15, -0.1) is 12.4 Å². The molecule has 0 aliphatic rings. The van der Waals surface area contributed by atoms with E-state index in [1.54, 1.807) is 49.4 Å². The van der Waals surface area contributed by atoms with Crippen LogP contribution in [0.25, 0.3) is 0 Å². The lowest BCUT2D eigenvalue weighted by Crippen LogP contribution is -2.38. The lowest BCUT2D eigenvalue weighted by Gasteiger charge is -2.18. The van der Waals surface area contributed by atoms with Crippen LogP contribution < -0.4 is 10.6 Å². The topological polar surface area (TPSA) is 79.2 Å². The lowest BCUT2D eigenvalue weighted by atomic mass is 10.1. The highest BCUT2D eigenvalue weighted by Crippen LogP contribution is 2.29. The van der Waals surface area contributed by atoms with Crippen molar-refractivity contribution >= 4 is 41.5 Å². The Balaban J connectivity index is 0.00000288. The second kappa shape index (κ2) is 9.25. The molecule has 6 nitrogen and oxygen atoms in total. The average Bonchev–Trinajstić information content (AvgIpc) is 2.92. The van der Waals surface area contributed by atoms with E-state index < -0.39 is 12.1 Å². The van der Waals surface area contributed by atoms with Crippen molar-refractivity contribution in [2.24, 2.45) is 7.05 Å². The summed E-state index contributed by atoms with van der Waals surface area (Å²) in [4.78, 5) is 12.3. The second-order valence-electron chi connectivity index (χ2n) is 5.07. The van der Waals surface area contributed by atoms with Crippen LogP contribution in [0, 0.1) is 0 Å². The van der Waals surface area contributed by atoms with E-state index in [-0.39, 0.29) is 24.9 Å². The van der Waals surface area contributed by atoms with Gasteiger partial charge in [-0.25, -0.2) is 0 Å². The molecule has 0 aliphatic heterocycles. The maximum Gasteiger partial charge on any atom is 0.241 e. The summed E-state index contributed by atoms with van der Waals surface area (Å²) < 4.78 is 1.62. The van der Waals surface area contributed by atoms with Gasteiger partial charge in [-0.05, 0) is 19.2 Å². The molecule has 2 unspecified atom stereocenters. The average molecular weight is 394 g/mol. The highest BCUT2D eigenvalue weighted by atomic mass is 35.5. The summed E-state index contributed by atoms with van der Waals surface area (Å²) in [6.45, 7) is 0.000723. The number of aromatic nitrogens is 2. The summed E-state index contributed by atoms with van der Waals surface area (Å²) in [6, 6.07) is 4.41. The highest BCUT2D eigenvalue weighted by molar-refractivity contribution is 6.36. The van der Waals surface area contributed by atoms with E-state index >= 15 is 0 Å². The van der Waals surface area contributed by atoms with Crippen LogP contribution in [0.15, 0.2) is 30.6 Å². The van der Waals surface area contributed by atoms with E-state index in [1.807, 2.05) is 0 Å². The molecule has 1 aromatic heterocycles. The minimum Gasteiger partial charge on any atom is -0.386 e. The molecule has 0 aliphatic carbocycles. The number of rotatable bonds is 6. The van der Waals surface area contributed by atoms with Crippen molar-refractivity contribution in [3.05, 3.63) is 51.8 Å². The van der Waals surface area contributed by atoms with Gasteiger partial charge in [0.1, 0.15) is 6.04 Å². The van der Waals surface area contributed by atoms with Gasteiger partial charge >= 0.3 is 0 Å². The summed E-state index contributed by atoms with van der Waals surface area (Å²) >= 11 is 12.1. The van der Waals surface area contributed by atoms with Crippen LogP contribution in [0.1, 0.15) is 23.3 Å². The summed E-state index contributed by atoms with van der Waals surface area (Å²) in [5.41, 5.74) is 1.14. The SMILES string of the molecule is CNC(C(=O)NCC(O)c1c(Cl)cccc1Cl)c1cnn(C)c1.Cl. The first-order chi connectivity index (χ1) is 10.9. The number of halogens is 3. The highest BCUT2D eigenvalue weighted by Gasteiger charge is 2.22. The molecule has 0 saturated carbocycles. The number of nitrogens with one attached hydrogen (secondary N) is 2. The van der Waals surface area contributed by atoms with Gasteiger partial charge in [0.05, 0.1) is 12.3 Å². The maximum atomic E-state index is 12.3. The minimum atomic E-state index is -0.994. The molecule has 0 saturated heterocycles. The summed E-state index contributed by atoms with van der Waals surface area (Å²) in [5.74, 6) is -0.275. The Kier molecular flexibility index (Phi) is 7.99. The van der Waals surface area contributed by atoms with Gasteiger partial charge in [-0.1, -0.05) is 29.3 Å². The van der Waals surface area contributed by atoms with Gasteiger partial charge in [0.25, 0.3) is 0 Å². The molecule has 24 heavy (non-hydrogen) atoms. The largest absolute Gasteiger partial charge is 0.386 e. The van der Waals surface area contributed by atoms with Crippen LogP contribution >= 0.6 is 35.6 Å². The van der Waals surface area contributed by atoms with Crippen molar-refractivity contribution in [2.75, 3.05) is 13.6 Å². The normalized spacial score (nSPS) is 13.0. The number of benzene rings is 1. The molecule has 132 valence electrons. The monoisotopic (exact) mass is 392 g/mol. The van der Waals surface area contributed by atoms with E-state index in [2.05, 4.69) is 15.7 Å². The number of nitrogens with zero attached hydrogens (tertiary/aromatic N) is 2. The fraction of sp³-hybridized carbons (Fsp3) is 0.333. The molecule has 1 amide bonds. The van der Waals surface area contributed by atoms with E-state index in [0.717, 1.165) is 5.56 Å². The Morgan fingerprint density at radius 3 is 2.50 bits per heavy atom. The molecule has 2 aromatic rings. The van der Waals surface area contributed by atoms with E-state index in [1.165, 1.54) is 0 Å². The van der Waals surface area contributed by atoms with Crippen LogP contribution in [0.5, 0.6) is 0 Å². The molecule has 0 fully saturated rings. The molecular formula is C15H19Cl3N4O2. The van der Waals surface area contributed by atoms with E-state index in [0.29, 0.717) is 15.6 Å². The Morgan fingerprint density at radius 2 is 2.00 bits per heavy atom. The van der Waals surface area contributed by atoms with Crippen molar-refractivity contribution in [3.8, 4) is 0 Å². The number of hydrogen-bond acceptors (Lipinski definition) is 4. The number of carbonyl (C=O) groups excluding carboxylic acids is 1. The van der Waals surface area contributed by atoms with Crippen LogP contribution in [-0.2, 0) is 11.8 Å². The van der Waals surface area contributed by atoms with Gasteiger partial charge in [0.15, 0.2) is 0 Å². The van der Waals surface area contributed by atoms with Gasteiger partial charge in [-0.2, -0.15) is 5.10 Å². The predicted molar refractivity (Wildman–Crippen MR) is 96.7 cm³/mol. The summed E-state index contributed by atoms with van der Waals surface area (Å²) in [7, 11) is 3.45. The lowest BCUT2D eigenvalue weighted by molar-refractivity contribution is -0.123. The summed E-state index contributed by atoms with van der Waals surface area (Å²) in [6.07, 6.45) is 2.37. The van der Waals surface area contributed by atoms with Crippen molar-refractivity contribution in [3.63, 3.8) is 0 Å². The molecule has 2 atom stereocenters. The van der Waals surface area contributed by atoms with E-state index in [4.69, 9.17) is 23.2 Å². The molecule has 1 aromatic carbocycles. The molecule has 0 bridgehead atoms.